The molecule has 0 aliphatic carbocycles. The van der Waals surface area contributed by atoms with E-state index in [9.17, 15) is 0 Å². The molecule has 0 N–H and O–H groups in total. The van der Waals surface area contributed by atoms with Gasteiger partial charge in [-0.1, -0.05) is 25.3 Å². The Labute approximate surface area is 108 Å². The minimum absolute atomic E-state index is 0. The Morgan fingerprint density at radius 3 is 2.44 bits per heavy atom. The molecule has 1 aromatic rings. The molecule has 0 unspecified atom stereocenters. The van der Waals surface area contributed by atoms with E-state index in [-0.39, 0.29) is 58.2 Å². The third-order valence-electron chi connectivity index (χ3n) is 0.857. The van der Waals surface area contributed by atoms with Crippen LogP contribution in [0.2, 0.25) is 0 Å². The summed E-state index contributed by atoms with van der Waals surface area (Å²) in [5, 5.41) is 0. The quantitative estimate of drug-likeness (QED) is 0.528. The van der Waals surface area contributed by atoms with Crippen molar-refractivity contribution in [2.75, 3.05) is 0 Å². The second-order valence-corrected chi connectivity index (χ2v) is 2.45. The third-order valence-corrected chi connectivity index (χ3v) is 1.31. The van der Waals surface area contributed by atoms with Gasteiger partial charge in [0.1, 0.15) is 0 Å². The Morgan fingerprint density at radius 1 is 1.56 bits per heavy atom. The maximum Gasteiger partial charge on any atom is 1.00 e. The normalized spacial score (nSPS) is 9.22. The SMILES string of the molecule is CC(C)c1n[c-]sn1.[Rb+]. The van der Waals surface area contributed by atoms with Crippen molar-refractivity contribution in [3.63, 3.8) is 0 Å². The Kier molecular flexibility index (Phi) is 5.84. The topological polar surface area (TPSA) is 25.8 Å². The first kappa shape index (κ1) is 10.4. The molecule has 0 fully saturated rings. The Morgan fingerprint density at radius 2 is 2.22 bits per heavy atom. The van der Waals surface area contributed by atoms with E-state index in [1.807, 2.05) is 0 Å². The Balaban J connectivity index is 0.000000640. The maximum absolute atomic E-state index is 3.99. The number of hydrogen-bond donors (Lipinski definition) is 0. The second-order valence-electron chi connectivity index (χ2n) is 1.90. The molecular weight excluding hydrogens is 206 g/mol. The first-order valence-corrected chi connectivity index (χ1v) is 3.27. The zero-order valence-electron chi connectivity index (χ0n) is 5.88. The molecule has 2 nitrogen and oxygen atoms in total. The van der Waals surface area contributed by atoms with Crippen LogP contribution in [0.3, 0.4) is 0 Å². The van der Waals surface area contributed by atoms with Gasteiger partial charge in [-0.05, 0) is 5.82 Å². The number of aromatic nitrogens is 2. The van der Waals surface area contributed by atoms with Gasteiger partial charge in [0.2, 0.25) is 0 Å². The van der Waals surface area contributed by atoms with Crippen LogP contribution in [0.5, 0.6) is 0 Å². The van der Waals surface area contributed by atoms with Crippen LogP contribution < -0.4 is 58.2 Å². The van der Waals surface area contributed by atoms with Crippen LogP contribution in [0, 0.1) is 5.51 Å². The summed E-state index contributed by atoms with van der Waals surface area (Å²) >= 11 is 1.28. The predicted molar refractivity (Wildman–Crippen MR) is 32.8 cm³/mol. The van der Waals surface area contributed by atoms with Crippen LogP contribution in [-0.4, -0.2) is 9.36 Å². The largest absolute Gasteiger partial charge is 1.00 e. The van der Waals surface area contributed by atoms with Crippen molar-refractivity contribution < 1.29 is 58.2 Å². The van der Waals surface area contributed by atoms with Crippen molar-refractivity contribution in [1.29, 1.82) is 0 Å². The summed E-state index contributed by atoms with van der Waals surface area (Å²) in [6, 6.07) is 0. The fourth-order valence-electron chi connectivity index (χ4n) is 0.389. The molecule has 4 heteroatoms. The Bertz CT molecular complexity index is 150. The molecule has 1 heterocycles. The number of rotatable bonds is 1. The first-order valence-electron chi connectivity index (χ1n) is 2.50. The number of nitrogens with zero attached hydrogens (tertiary/aromatic N) is 2. The molecule has 0 aromatic carbocycles. The van der Waals surface area contributed by atoms with Crippen LogP contribution in [0.25, 0.3) is 0 Å². The monoisotopic (exact) mass is 212 g/mol. The molecule has 9 heavy (non-hydrogen) atoms. The van der Waals surface area contributed by atoms with Crippen molar-refractivity contribution in [3.05, 3.63) is 11.3 Å². The van der Waals surface area contributed by atoms with E-state index in [2.05, 4.69) is 28.7 Å². The summed E-state index contributed by atoms with van der Waals surface area (Å²) in [5.74, 6) is 1.34. The molecule has 0 amide bonds. The summed E-state index contributed by atoms with van der Waals surface area (Å²) in [5.41, 5.74) is 2.69. The molecular formula is C5H7N2RbS. The van der Waals surface area contributed by atoms with E-state index in [1.165, 1.54) is 11.5 Å². The van der Waals surface area contributed by atoms with Crippen molar-refractivity contribution in [1.82, 2.24) is 9.36 Å². The van der Waals surface area contributed by atoms with Crippen molar-refractivity contribution in [2.24, 2.45) is 0 Å². The minimum atomic E-state index is 0. The van der Waals surface area contributed by atoms with E-state index in [4.69, 9.17) is 0 Å². The van der Waals surface area contributed by atoms with E-state index in [1.54, 1.807) is 0 Å². The van der Waals surface area contributed by atoms with Gasteiger partial charge in [-0.25, -0.2) is 0 Å². The van der Waals surface area contributed by atoms with Crippen molar-refractivity contribution in [2.45, 2.75) is 19.8 Å². The summed E-state index contributed by atoms with van der Waals surface area (Å²) in [4.78, 5) is 3.90. The predicted octanol–water partition coefficient (Wildman–Crippen LogP) is -1.53. The van der Waals surface area contributed by atoms with Crippen molar-refractivity contribution in [3.8, 4) is 0 Å². The molecule has 1 aromatic heterocycles. The van der Waals surface area contributed by atoms with E-state index in [0.717, 1.165) is 5.82 Å². The van der Waals surface area contributed by atoms with Gasteiger partial charge in [-0.3, -0.25) is 4.37 Å². The molecule has 0 bridgehead atoms. The Hall–Kier alpha value is 1.37. The third kappa shape index (κ3) is 3.32. The summed E-state index contributed by atoms with van der Waals surface area (Å²) in [6.45, 7) is 4.13. The molecule has 0 atom stereocenters. The molecule has 0 aliphatic rings. The molecule has 0 saturated heterocycles. The van der Waals surface area contributed by atoms with E-state index in [0.29, 0.717) is 5.92 Å². The van der Waals surface area contributed by atoms with Crippen LogP contribution >= 0.6 is 11.5 Å². The van der Waals surface area contributed by atoms with Gasteiger partial charge in [0, 0.05) is 0 Å². The summed E-state index contributed by atoms with van der Waals surface area (Å²) in [6.07, 6.45) is 0. The van der Waals surface area contributed by atoms with E-state index >= 15 is 0 Å². The van der Waals surface area contributed by atoms with Gasteiger partial charge < -0.3 is 4.98 Å². The second kappa shape index (κ2) is 5.07. The smallest absolute Gasteiger partial charge is 0.426 e. The van der Waals surface area contributed by atoms with Gasteiger partial charge in [0.05, 0.1) is 0 Å². The molecule has 44 valence electrons. The zero-order valence-corrected chi connectivity index (χ0v) is 11.6. The van der Waals surface area contributed by atoms with Crippen LogP contribution in [-0.2, 0) is 0 Å². The standard InChI is InChI=1S/C5H7N2S.Rb/c1-4(2)5-6-3-8-7-5;/h4H,1-2H3;/q-1;+1. The summed E-state index contributed by atoms with van der Waals surface area (Å²) < 4.78 is 3.99. The van der Waals surface area contributed by atoms with Gasteiger partial charge >= 0.3 is 58.2 Å². The zero-order chi connectivity index (χ0) is 5.98. The van der Waals surface area contributed by atoms with Crippen LogP contribution in [0.4, 0.5) is 0 Å². The van der Waals surface area contributed by atoms with Crippen LogP contribution in [0.15, 0.2) is 0 Å². The average molecular weight is 213 g/mol. The maximum atomic E-state index is 3.99. The van der Waals surface area contributed by atoms with Gasteiger partial charge in [0.25, 0.3) is 0 Å². The number of hydrogen-bond acceptors (Lipinski definition) is 3. The van der Waals surface area contributed by atoms with Gasteiger partial charge in [0.15, 0.2) is 0 Å². The fraction of sp³-hybridized carbons (Fsp3) is 0.600. The summed E-state index contributed by atoms with van der Waals surface area (Å²) in [7, 11) is 0. The van der Waals surface area contributed by atoms with Crippen molar-refractivity contribution >= 4 is 11.5 Å². The van der Waals surface area contributed by atoms with Gasteiger partial charge in [-0.15, -0.1) is 0 Å². The van der Waals surface area contributed by atoms with Crippen LogP contribution in [0.1, 0.15) is 25.6 Å². The molecule has 0 radical (unpaired) electrons. The molecule has 1 rings (SSSR count). The van der Waals surface area contributed by atoms with Gasteiger partial charge in [-0.2, -0.15) is 11.5 Å². The minimum Gasteiger partial charge on any atom is -0.426 e. The van der Waals surface area contributed by atoms with E-state index < -0.39 is 0 Å². The molecule has 0 aliphatic heterocycles. The molecule has 0 spiro atoms. The molecule has 0 saturated carbocycles. The first-order chi connectivity index (χ1) is 3.80. The average Bonchev–Trinajstić information content (AvgIpc) is 2.12. The fourth-order valence-corrected chi connectivity index (χ4v) is 0.910.